The second-order valence-electron chi connectivity index (χ2n) is 17.8. The molecule has 0 unspecified atom stereocenters. The van der Waals surface area contributed by atoms with Gasteiger partial charge in [0.15, 0.2) is 0 Å². The van der Waals surface area contributed by atoms with E-state index in [2.05, 4.69) is 6.07 Å². The number of nitrogens with zero attached hydrogens (tertiary/aromatic N) is 4. The van der Waals surface area contributed by atoms with Crippen LogP contribution in [0.15, 0.2) is 146 Å². The molecule has 11 nitrogen and oxygen atoms in total. The van der Waals surface area contributed by atoms with Crippen molar-refractivity contribution in [1.82, 2.24) is 13.7 Å². The van der Waals surface area contributed by atoms with E-state index in [9.17, 15) is 45.4 Å². The average molecular weight is 1140 g/mol. The van der Waals surface area contributed by atoms with E-state index in [0.29, 0.717) is 32.7 Å². The summed E-state index contributed by atoms with van der Waals surface area (Å²) < 4.78 is 106. The monoisotopic (exact) mass is 1140 g/mol. The highest BCUT2D eigenvalue weighted by molar-refractivity contribution is 7.80. The largest absolute Gasteiger partial charge is 0.465 e. The SMILES string of the molecule is COC(=O)c1ccc2c(-c3cccc(C#N)c3)cn(CCC(F)F)c2c1.COC(=O)c1ccc2c(-c3cccc(C(N)=S)c3)cn(CCC(F)F)c2c1.NC(=S)c1cccc(-c2cn(CCC(F)F)c3cc(CO)ccc23)c1.[2H]CF. The predicted molar refractivity (Wildman–Crippen MR) is 306 cm³/mol. The second-order valence-corrected chi connectivity index (χ2v) is 18.7. The zero-order chi connectivity index (χ0) is 58.9. The standard InChI is InChI=1S/C20H18F2N2O2S.C20H16F2N2O2.C19H18F2N2OS.CH3F/c1-26-20(25)14-5-6-15-16(12-3-2-4-13(9-12)19(23)27)11-24(17(15)10-14)8-7-18(21)22;1-26-20(25)15-5-6-16-17(14-4-2-3-13(9-14)11-23)12-24(18(16)10-15)8-7-19(21)22;20-18(21)6-7-23-10-16(13-2-1-3-14(9-13)19(22)25)15-5-4-12(11-24)8-17(15)23;1-2/h2-6,9-11,18H,7-8H2,1H3,(H2,23,27);2-6,9-10,12,19H,7-8H2,1H3;1-5,8-10,18,24H,6-7,11H2,(H2,22,25);1H3/i;;;1D. The van der Waals surface area contributed by atoms with Crippen molar-refractivity contribution in [3.63, 3.8) is 0 Å². The Morgan fingerprint density at radius 3 is 1.29 bits per heavy atom. The topological polar surface area (TPSA) is 163 Å². The molecule has 416 valence electrons. The number of hydrogen-bond acceptors (Lipinski definition) is 8. The highest BCUT2D eigenvalue weighted by atomic mass is 32.1. The zero-order valence-electron chi connectivity index (χ0n) is 44.2. The number of ether oxygens (including phenoxy) is 2. The van der Waals surface area contributed by atoms with E-state index in [1.165, 1.54) is 14.2 Å². The number of benzene rings is 6. The molecule has 0 aliphatic carbocycles. The Kier molecular flexibility index (Phi) is 21.1. The summed E-state index contributed by atoms with van der Waals surface area (Å²) >= 11 is 10.1. The molecule has 0 atom stereocenters. The second kappa shape index (κ2) is 28.5. The smallest absolute Gasteiger partial charge is 0.337 e. The minimum Gasteiger partial charge on any atom is -0.465 e. The molecule has 3 aromatic heterocycles. The van der Waals surface area contributed by atoms with Crippen molar-refractivity contribution in [3.05, 3.63) is 179 Å². The number of aliphatic hydroxyl groups excluding tert-OH is 1. The van der Waals surface area contributed by atoms with Crippen molar-refractivity contribution in [3.8, 4) is 39.4 Å². The van der Waals surface area contributed by atoms with Crippen molar-refractivity contribution >= 4 is 79.1 Å². The van der Waals surface area contributed by atoms with Gasteiger partial charge in [0.25, 0.3) is 0 Å². The Bertz CT molecular complexity index is 3730. The molecule has 0 saturated heterocycles. The summed E-state index contributed by atoms with van der Waals surface area (Å²) in [6.45, 7) is 0.366. The van der Waals surface area contributed by atoms with Crippen molar-refractivity contribution in [1.29, 1.82) is 5.26 Å². The number of esters is 2. The first-order valence-electron chi connectivity index (χ1n) is 25.2. The van der Waals surface area contributed by atoms with E-state index in [-0.39, 0.29) is 50.5 Å². The summed E-state index contributed by atoms with van der Waals surface area (Å²) in [5.74, 6) is -0.961. The third-order valence-electron chi connectivity index (χ3n) is 12.7. The van der Waals surface area contributed by atoms with Crippen LogP contribution in [0.4, 0.5) is 30.7 Å². The third-order valence-corrected chi connectivity index (χ3v) is 13.2. The molecule has 0 saturated carbocycles. The fraction of sp³-hybridized carbons (Fsp3) is 0.217. The molecule has 0 aliphatic rings. The summed E-state index contributed by atoms with van der Waals surface area (Å²) in [5, 5.41) is 21.1. The number of aryl methyl sites for hydroxylation is 3. The van der Waals surface area contributed by atoms with Crippen LogP contribution in [0.5, 0.6) is 0 Å². The molecular weight excluding hydrogens is 1080 g/mol. The van der Waals surface area contributed by atoms with Crippen LogP contribution in [0.25, 0.3) is 66.1 Å². The third kappa shape index (κ3) is 15.0. The maximum Gasteiger partial charge on any atom is 0.337 e. The molecular formula is C60H55F7N6O5S2. The van der Waals surface area contributed by atoms with Crippen LogP contribution in [-0.4, -0.2) is 81.4 Å². The number of alkyl halides is 7. The van der Waals surface area contributed by atoms with Gasteiger partial charge < -0.3 is 39.7 Å². The number of hydrogen-bond donors (Lipinski definition) is 3. The van der Waals surface area contributed by atoms with E-state index < -0.39 is 38.4 Å². The summed E-state index contributed by atoms with van der Waals surface area (Å²) in [4.78, 5) is 24.3. The molecule has 0 radical (unpaired) electrons. The highest BCUT2D eigenvalue weighted by Gasteiger charge is 2.19. The normalized spacial score (nSPS) is 11.1. The molecule has 5 N–H and O–H groups in total. The number of methoxy groups -OCH3 is 2. The van der Waals surface area contributed by atoms with Crippen LogP contribution >= 0.6 is 24.4 Å². The van der Waals surface area contributed by atoms with Crippen molar-refractivity contribution in [2.75, 3.05) is 21.4 Å². The molecule has 9 rings (SSSR count). The molecule has 6 aromatic carbocycles. The van der Waals surface area contributed by atoms with Crippen LogP contribution in [0, 0.1) is 11.3 Å². The van der Waals surface area contributed by atoms with Gasteiger partial charge in [0, 0.05) is 118 Å². The lowest BCUT2D eigenvalue weighted by Crippen LogP contribution is -2.08. The molecule has 80 heavy (non-hydrogen) atoms. The van der Waals surface area contributed by atoms with Crippen LogP contribution in [-0.2, 0) is 35.7 Å². The van der Waals surface area contributed by atoms with Crippen LogP contribution in [0.2, 0.25) is 0 Å². The average Bonchev–Trinajstić information content (AvgIpc) is 4.16. The lowest BCUT2D eigenvalue weighted by atomic mass is 10.0. The molecule has 20 heteroatoms. The molecule has 0 bridgehead atoms. The molecule has 9 aromatic rings. The van der Waals surface area contributed by atoms with Gasteiger partial charge in [-0.25, -0.2) is 35.9 Å². The van der Waals surface area contributed by atoms with Gasteiger partial charge >= 0.3 is 11.9 Å². The minimum atomic E-state index is -2.42. The first-order chi connectivity index (χ1) is 38.8. The van der Waals surface area contributed by atoms with E-state index in [4.69, 9.17) is 52.0 Å². The number of rotatable bonds is 17. The number of thiocarbonyl (C=S) groups is 2. The maximum absolute atomic E-state index is 12.7. The minimum absolute atomic E-state index is 0.0950. The van der Waals surface area contributed by atoms with Crippen LogP contribution in [0.3, 0.4) is 0 Å². The first-order valence-corrected chi connectivity index (χ1v) is 25.3. The lowest BCUT2D eigenvalue weighted by molar-refractivity contribution is 0.0592. The Morgan fingerprint density at radius 2 is 0.938 bits per heavy atom. The van der Waals surface area contributed by atoms with Gasteiger partial charge in [0.2, 0.25) is 19.3 Å². The number of carbonyl (C=O) groups excluding carboxylic acids is 2. The van der Waals surface area contributed by atoms with Gasteiger partial charge in [-0.05, 0) is 76.9 Å². The molecule has 0 fully saturated rings. The van der Waals surface area contributed by atoms with Crippen LogP contribution < -0.4 is 11.5 Å². The molecule has 0 amide bonds. The molecule has 3 heterocycles. The summed E-state index contributed by atoms with van der Waals surface area (Å²) in [5.41, 5.74) is 22.3. The van der Waals surface area contributed by atoms with Gasteiger partial charge in [-0.1, -0.05) is 97.2 Å². The number of nitrogens with two attached hydrogens (primary N) is 2. The van der Waals surface area contributed by atoms with Gasteiger partial charge in [0.1, 0.15) is 9.98 Å². The number of halogens is 7. The quantitative estimate of drug-likeness (QED) is 0.0454. The van der Waals surface area contributed by atoms with Gasteiger partial charge in [-0.2, -0.15) is 5.26 Å². The zero-order valence-corrected chi connectivity index (χ0v) is 44.9. The lowest BCUT2D eigenvalue weighted by Gasteiger charge is -2.06. The van der Waals surface area contributed by atoms with Crippen LogP contribution in [0.1, 0.15) is 63.6 Å². The summed E-state index contributed by atoms with van der Waals surface area (Å²) in [7, 11) is 1.59. The van der Waals surface area contributed by atoms with Crippen molar-refractivity contribution in [2.45, 2.75) is 64.8 Å². The Labute approximate surface area is 468 Å². The Hall–Kier alpha value is -8.38. The fourth-order valence-electron chi connectivity index (χ4n) is 8.90. The predicted octanol–water partition coefficient (Wildman–Crippen LogP) is 13.7. The number of nitriles is 1. The van der Waals surface area contributed by atoms with Gasteiger partial charge in [0.05, 0.1) is 52.1 Å². The molecule has 0 spiro atoms. The Morgan fingerprint density at radius 1 is 0.575 bits per heavy atom. The van der Waals surface area contributed by atoms with E-state index in [1.54, 1.807) is 69.9 Å². The number of aromatic nitrogens is 3. The highest BCUT2D eigenvalue weighted by Crippen LogP contribution is 2.36. The van der Waals surface area contributed by atoms with Crippen molar-refractivity contribution in [2.24, 2.45) is 11.5 Å². The summed E-state index contributed by atoms with van der Waals surface area (Å²) in [6, 6.07) is 39.9. The van der Waals surface area contributed by atoms with Gasteiger partial charge in [-0.15, -0.1) is 0 Å². The Balaban J connectivity index is 0.000000191. The summed E-state index contributed by atoms with van der Waals surface area (Å²) in [6.07, 6.45) is -2.51. The number of fused-ring (bicyclic) bond motifs is 3. The fourth-order valence-corrected chi connectivity index (χ4v) is 9.15. The van der Waals surface area contributed by atoms with E-state index in [0.717, 1.165) is 71.7 Å². The van der Waals surface area contributed by atoms with Crippen molar-refractivity contribution < 1.29 is 56.3 Å². The van der Waals surface area contributed by atoms with Gasteiger partial charge in [-0.3, -0.25) is 4.39 Å². The molecule has 0 aliphatic heterocycles. The first kappa shape index (κ1) is 59.3. The number of aliphatic hydroxyl groups is 1. The maximum atomic E-state index is 12.7. The van der Waals surface area contributed by atoms with E-state index in [1.807, 2.05) is 89.8 Å². The number of carbonyl (C=O) groups is 2. The van der Waals surface area contributed by atoms with E-state index >= 15 is 0 Å².